The zero-order valence-corrected chi connectivity index (χ0v) is 21.1. The number of halogens is 2. The van der Waals surface area contributed by atoms with Gasteiger partial charge in [0.15, 0.2) is 11.5 Å². The predicted molar refractivity (Wildman–Crippen MR) is 135 cm³/mol. The second kappa shape index (κ2) is 10.5. The summed E-state index contributed by atoms with van der Waals surface area (Å²) in [5.74, 6) is -1.59. The molecule has 1 fully saturated rings. The second-order valence-electron chi connectivity index (χ2n) is 7.78. The number of ether oxygens (including phenoxy) is 3. The predicted octanol–water partition coefficient (Wildman–Crippen LogP) is 5.04. The third kappa shape index (κ3) is 4.34. The number of benzene rings is 2. The van der Waals surface area contributed by atoms with Crippen molar-refractivity contribution in [2.45, 2.75) is 12.6 Å². The number of ketones is 1. The number of likely N-dealkylation sites (tertiary alicyclic amines) is 1. The van der Waals surface area contributed by atoms with Gasteiger partial charge in [0.25, 0.3) is 11.7 Å². The van der Waals surface area contributed by atoms with Crippen LogP contribution in [0.1, 0.15) is 22.9 Å². The molecule has 3 aromatic rings. The molecule has 2 aromatic carbocycles. The van der Waals surface area contributed by atoms with Gasteiger partial charge >= 0.3 is 0 Å². The molecule has 0 saturated carbocycles. The van der Waals surface area contributed by atoms with Gasteiger partial charge in [-0.25, -0.2) is 0 Å². The van der Waals surface area contributed by atoms with Crippen LogP contribution in [0.5, 0.6) is 17.2 Å². The fourth-order valence-corrected chi connectivity index (χ4v) is 4.90. The molecule has 1 aromatic heterocycles. The lowest BCUT2D eigenvalue weighted by molar-refractivity contribution is -0.140. The number of aliphatic hydroxyl groups excluding tert-OH is 1. The number of pyridine rings is 1. The van der Waals surface area contributed by atoms with Gasteiger partial charge in [0.05, 0.1) is 55.8 Å². The number of aromatic nitrogens is 1. The molecule has 0 aliphatic carbocycles. The summed E-state index contributed by atoms with van der Waals surface area (Å²) in [6, 6.07) is 12.6. The third-order valence-electron chi connectivity index (χ3n) is 5.83. The summed E-state index contributed by atoms with van der Waals surface area (Å²) in [4.78, 5) is 32.3. The van der Waals surface area contributed by atoms with Crippen LogP contribution in [0.3, 0.4) is 0 Å². The quantitative estimate of drug-likeness (QED) is 0.260. The highest BCUT2D eigenvalue weighted by atomic mass is 35.5. The van der Waals surface area contributed by atoms with Gasteiger partial charge in [-0.15, -0.1) is 0 Å². The number of carbonyl (C=O) groups is 2. The summed E-state index contributed by atoms with van der Waals surface area (Å²) in [5.41, 5.74) is 0.925. The molecule has 1 amide bonds. The highest BCUT2D eigenvalue weighted by Crippen LogP contribution is 2.48. The lowest BCUT2D eigenvalue weighted by Crippen LogP contribution is -2.29. The number of para-hydroxylation sites is 1. The number of amides is 1. The van der Waals surface area contributed by atoms with E-state index in [1.165, 1.54) is 32.3 Å². The number of nitrogens with zero attached hydrogens (tertiary/aromatic N) is 2. The number of Topliss-reactive ketones (excluding diaryl/α,β-unsaturated/α-hetero) is 1. The maximum Gasteiger partial charge on any atom is 0.296 e. The van der Waals surface area contributed by atoms with Gasteiger partial charge in [-0.3, -0.25) is 14.6 Å². The van der Waals surface area contributed by atoms with Crippen molar-refractivity contribution in [3.63, 3.8) is 0 Å². The average molecular weight is 529 g/mol. The summed E-state index contributed by atoms with van der Waals surface area (Å²) in [5, 5.41) is 11.6. The maximum atomic E-state index is 13.4. The summed E-state index contributed by atoms with van der Waals surface area (Å²) in [7, 11) is 4.22. The summed E-state index contributed by atoms with van der Waals surface area (Å²) in [6.45, 7) is 0.0200. The Hall–Kier alpha value is -3.75. The molecular formula is C26H22Cl2N2O6. The third-order valence-corrected chi connectivity index (χ3v) is 6.45. The Kier molecular flexibility index (Phi) is 7.37. The van der Waals surface area contributed by atoms with E-state index in [1.54, 1.807) is 48.7 Å². The van der Waals surface area contributed by atoms with E-state index in [-0.39, 0.29) is 39.2 Å². The van der Waals surface area contributed by atoms with Gasteiger partial charge in [-0.2, -0.15) is 0 Å². The highest BCUT2D eigenvalue weighted by molar-refractivity contribution is 6.47. The molecule has 0 bridgehead atoms. The van der Waals surface area contributed by atoms with Crippen LogP contribution in [0, 0.1) is 0 Å². The van der Waals surface area contributed by atoms with E-state index in [1.807, 2.05) is 0 Å². The van der Waals surface area contributed by atoms with Gasteiger partial charge in [-0.1, -0.05) is 47.5 Å². The fraction of sp³-hybridized carbons (Fsp3) is 0.192. The molecule has 1 atom stereocenters. The normalized spacial score (nSPS) is 16.8. The van der Waals surface area contributed by atoms with Gasteiger partial charge < -0.3 is 24.2 Å². The van der Waals surface area contributed by atoms with Crippen LogP contribution in [-0.4, -0.2) is 48.0 Å². The minimum Gasteiger partial charge on any atom is -0.507 e. The van der Waals surface area contributed by atoms with Crippen molar-refractivity contribution in [1.82, 2.24) is 9.88 Å². The van der Waals surface area contributed by atoms with Crippen molar-refractivity contribution in [2.24, 2.45) is 0 Å². The van der Waals surface area contributed by atoms with Gasteiger partial charge in [0.2, 0.25) is 0 Å². The lowest BCUT2D eigenvalue weighted by atomic mass is 9.94. The first-order valence-electron chi connectivity index (χ1n) is 10.8. The smallest absolute Gasteiger partial charge is 0.296 e. The molecule has 186 valence electrons. The molecule has 2 heterocycles. The van der Waals surface area contributed by atoms with Crippen molar-refractivity contribution >= 4 is 40.7 Å². The summed E-state index contributed by atoms with van der Waals surface area (Å²) >= 11 is 12.7. The van der Waals surface area contributed by atoms with E-state index in [9.17, 15) is 14.7 Å². The minimum atomic E-state index is -0.993. The van der Waals surface area contributed by atoms with E-state index in [0.717, 1.165) is 0 Å². The molecule has 10 heteroatoms. The van der Waals surface area contributed by atoms with Crippen molar-refractivity contribution in [3.8, 4) is 17.2 Å². The van der Waals surface area contributed by atoms with Crippen LogP contribution in [0.4, 0.5) is 0 Å². The van der Waals surface area contributed by atoms with Crippen molar-refractivity contribution < 1.29 is 28.9 Å². The van der Waals surface area contributed by atoms with Gasteiger partial charge in [0.1, 0.15) is 16.5 Å². The summed E-state index contributed by atoms with van der Waals surface area (Å²) in [6.07, 6.45) is 1.59. The molecule has 8 nitrogen and oxygen atoms in total. The number of carbonyl (C=O) groups excluding carboxylic acids is 2. The Morgan fingerprint density at radius 2 is 1.69 bits per heavy atom. The molecule has 1 aliphatic heterocycles. The van der Waals surface area contributed by atoms with Crippen molar-refractivity contribution in [2.75, 3.05) is 21.3 Å². The maximum absolute atomic E-state index is 13.4. The molecule has 1 saturated heterocycles. The molecule has 0 spiro atoms. The number of aliphatic hydroxyl groups is 1. The Morgan fingerprint density at radius 1 is 1.00 bits per heavy atom. The SMILES string of the molecule is COc1ccccc1C1/C(=C(\O)c2cc(Cl)c(OC)c(Cl)c2OC)C(=O)C(=O)N1Cc1ccccn1. The Morgan fingerprint density at radius 3 is 2.33 bits per heavy atom. The van der Waals surface area contributed by atoms with E-state index < -0.39 is 23.5 Å². The van der Waals surface area contributed by atoms with E-state index in [2.05, 4.69) is 4.98 Å². The molecule has 4 rings (SSSR count). The Bertz CT molecular complexity index is 1360. The Labute approximate surface area is 217 Å². The van der Waals surface area contributed by atoms with Crippen LogP contribution < -0.4 is 14.2 Å². The van der Waals surface area contributed by atoms with Crippen LogP contribution in [0.15, 0.2) is 60.3 Å². The van der Waals surface area contributed by atoms with Crippen LogP contribution in [0.25, 0.3) is 5.76 Å². The summed E-state index contributed by atoms with van der Waals surface area (Å²) < 4.78 is 16.2. The van der Waals surface area contributed by atoms with E-state index in [0.29, 0.717) is 17.0 Å². The fourth-order valence-electron chi connectivity index (χ4n) is 4.22. The largest absolute Gasteiger partial charge is 0.507 e. The number of hydrogen-bond donors (Lipinski definition) is 1. The molecule has 36 heavy (non-hydrogen) atoms. The van der Waals surface area contributed by atoms with Crippen molar-refractivity contribution in [1.29, 1.82) is 0 Å². The number of hydrogen-bond acceptors (Lipinski definition) is 7. The topological polar surface area (TPSA) is 98.2 Å². The molecule has 0 radical (unpaired) electrons. The average Bonchev–Trinajstić information content (AvgIpc) is 3.13. The minimum absolute atomic E-state index is 0.00519. The molecular weight excluding hydrogens is 507 g/mol. The molecule has 1 aliphatic rings. The van der Waals surface area contributed by atoms with E-state index in [4.69, 9.17) is 37.4 Å². The van der Waals surface area contributed by atoms with Gasteiger partial charge in [-0.05, 0) is 24.3 Å². The second-order valence-corrected chi connectivity index (χ2v) is 8.56. The van der Waals surface area contributed by atoms with E-state index >= 15 is 0 Å². The first-order valence-corrected chi connectivity index (χ1v) is 11.5. The highest BCUT2D eigenvalue weighted by Gasteiger charge is 2.47. The van der Waals surface area contributed by atoms with Gasteiger partial charge in [0, 0.05) is 11.8 Å². The molecule has 1 unspecified atom stereocenters. The van der Waals surface area contributed by atoms with Crippen LogP contribution >= 0.6 is 23.2 Å². The lowest BCUT2D eigenvalue weighted by Gasteiger charge is -2.26. The zero-order chi connectivity index (χ0) is 26.0. The number of rotatable bonds is 7. The standard InChI is InChI=1S/C26H22Cl2N2O6/c1-34-18-10-5-4-9-15(18)21-19(23(32)26(33)30(21)13-14-8-6-7-11-29-14)22(31)16-12-17(27)25(36-3)20(28)24(16)35-2/h4-12,21,31H,13H2,1-3H3/b22-19+. The monoisotopic (exact) mass is 528 g/mol. The van der Waals surface area contributed by atoms with Crippen LogP contribution in [-0.2, 0) is 16.1 Å². The zero-order valence-electron chi connectivity index (χ0n) is 19.6. The molecule has 1 N–H and O–H groups in total. The first-order chi connectivity index (χ1) is 17.3. The number of methoxy groups -OCH3 is 3. The van der Waals surface area contributed by atoms with Crippen molar-refractivity contribution in [3.05, 3.63) is 87.2 Å². The van der Waals surface area contributed by atoms with Crippen LogP contribution in [0.2, 0.25) is 10.0 Å². The Balaban J connectivity index is 1.98. The first kappa shape index (κ1) is 25.3.